The molecule has 8 heteroatoms. The first-order chi connectivity index (χ1) is 16.1. The molecule has 1 atom stereocenters. The molecule has 0 radical (unpaired) electrons. The summed E-state index contributed by atoms with van der Waals surface area (Å²) in [6, 6.07) is 21.1. The summed E-state index contributed by atoms with van der Waals surface area (Å²) in [5.41, 5.74) is 2.37. The summed E-state index contributed by atoms with van der Waals surface area (Å²) >= 11 is 5.99. The molecule has 1 unspecified atom stereocenters. The lowest BCUT2D eigenvalue weighted by Gasteiger charge is -2.19. The normalized spacial score (nSPS) is 15.5. The standard InChI is InChI=1S/C25H18ClN3O4/c26-18-10-7-17(8-11-18)21-14-22(23-6-3-13-32-23)29(28-21)24(30)15-33-25(31)20-12-9-16-4-1-2-5-19(16)27-20/h1-13,22H,14-15H2. The van der Waals surface area contributed by atoms with Gasteiger partial charge in [-0.2, -0.15) is 5.10 Å². The molecule has 5 rings (SSSR count). The summed E-state index contributed by atoms with van der Waals surface area (Å²) in [5.74, 6) is -0.544. The Morgan fingerprint density at radius 2 is 1.85 bits per heavy atom. The van der Waals surface area contributed by atoms with E-state index < -0.39 is 24.5 Å². The number of hydrogen-bond acceptors (Lipinski definition) is 6. The number of furan rings is 1. The predicted molar refractivity (Wildman–Crippen MR) is 123 cm³/mol. The molecule has 1 aliphatic rings. The van der Waals surface area contributed by atoms with E-state index in [9.17, 15) is 9.59 Å². The van der Waals surface area contributed by atoms with E-state index in [1.807, 2.05) is 36.4 Å². The minimum absolute atomic E-state index is 0.135. The molecule has 0 N–H and O–H groups in total. The second-order valence-electron chi connectivity index (χ2n) is 7.49. The van der Waals surface area contributed by atoms with E-state index in [0.717, 1.165) is 10.9 Å². The number of carbonyl (C=O) groups is 2. The Morgan fingerprint density at radius 3 is 2.64 bits per heavy atom. The average Bonchev–Trinajstić information content (AvgIpc) is 3.53. The lowest BCUT2D eigenvalue weighted by molar-refractivity contribution is -0.136. The largest absolute Gasteiger partial charge is 0.467 e. The fourth-order valence-corrected chi connectivity index (χ4v) is 3.83. The van der Waals surface area contributed by atoms with Gasteiger partial charge in [-0.15, -0.1) is 0 Å². The summed E-state index contributed by atoms with van der Waals surface area (Å²) in [6.07, 6.45) is 2.00. The number of aromatic nitrogens is 1. The number of pyridine rings is 1. The predicted octanol–water partition coefficient (Wildman–Crippen LogP) is 5.02. The number of hydrogen-bond donors (Lipinski definition) is 0. The Kier molecular flexibility index (Phi) is 5.62. The van der Waals surface area contributed by atoms with Crippen LogP contribution in [0.1, 0.15) is 34.3 Å². The lowest BCUT2D eigenvalue weighted by atomic mass is 10.0. The van der Waals surface area contributed by atoms with Crippen molar-refractivity contribution < 1.29 is 18.7 Å². The molecule has 4 aromatic rings. The van der Waals surface area contributed by atoms with Crippen molar-refractivity contribution in [2.45, 2.75) is 12.5 Å². The molecule has 2 aromatic carbocycles. The number of rotatable bonds is 5. The third-order valence-corrected chi connectivity index (χ3v) is 5.60. The summed E-state index contributed by atoms with van der Waals surface area (Å²) in [5, 5.41) is 7.34. The van der Waals surface area contributed by atoms with E-state index in [1.54, 1.807) is 42.7 Å². The van der Waals surface area contributed by atoms with Gasteiger partial charge in [0.15, 0.2) is 6.61 Å². The number of benzene rings is 2. The van der Waals surface area contributed by atoms with E-state index in [1.165, 1.54) is 5.01 Å². The van der Waals surface area contributed by atoms with E-state index in [-0.39, 0.29) is 5.69 Å². The Hall–Kier alpha value is -3.97. The highest BCUT2D eigenvalue weighted by atomic mass is 35.5. The third-order valence-electron chi connectivity index (χ3n) is 5.35. The van der Waals surface area contributed by atoms with Gasteiger partial charge in [-0.3, -0.25) is 4.79 Å². The van der Waals surface area contributed by atoms with Gasteiger partial charge >= 0.3 is 5.97 Å². The van der Waals surface area contributed by atoms with Crippen LogP contribution in [-0.2, 0) is 9.53 Å². The minimum atomic E-state index is -0.676. The van der Waals surface area contributed by atoms with Gasteiger partial charge in [-0.1, -0.05) is 48.0 Å². The van der Waals surface area contributed by atoms with Crippen molar-refractivity contribution in [3.05, 3.63) is 101 Å². The zero-order chi connectivity index (χ0) is 22.8. The molecule has 0 saturated carbocycles. The smallest absolute Gasteiger partial charge is 0.357 e. The molecule has 7 nitrogen and oxygen atoms in total. The highest BCUT2D eigenvalue weighted by Crippen LogP contribution is 2.33. The molecule has 0 bridgehead atoms. The fraction of sp³-hybridized carbons (Fsp3) is 0.120. The van der Waals surface area contributed by atoms with Crippen LogP contribution in [-0.4, -0.2) is 34.2 Å². The molecule has 0 aliphatic carbocycles. The number of halogens is 1. The summed E-state index contributed by atoms with van der Waals surface area (Å²) in [7, 11) is 0. The van der Waals surface area contributed by atoms with Gasteiger partial charge in [-0.05, 0) is 42.0 Å². The first kappa shape index (κ1) is 20.9. The molecule has 3 heterocycles. The Bertz CT molecular complexity index is 1350. The van der Waals surface area contributed by atoms with Crippen LogP contribution >= 0.6 is 11.6 Å². The number of para-hydroxylation sites is 1. The molecular formula is C25H18ClN3O4. The van der Waals surface area contributed by atoms with Crippen LogP contribution in [0.3, 0.4) is 0 Å². The second kappa shape index (κ2) is 8.88. The molecule has 0 spiro atoms. The van der Waals surface area contributed by atoms with Crippen LogP contribution in [0.4, 0.5) is 0 Å². The zero-order valence-corrected chi connectivity index (χ0v) is 18.1. The maximum absolute atomic E-state index is 13.0. The van der Waals surface area contributed by atoms with Crippen LogP contribution in [0.15, 0.2) is 88.6 Å². The van der Waals surface area contributed by atoms with Crippen LogP contribution in [0.2, 0.25) is 5.02 Å². The van der Waals surface area contributed by atoms with Crippen molar-refractivity contribution in [1.29, 1.82) is 0 Å². The SMILES string of the molecule is O=C(OCC(=O)N1N=C(c2ccc(Cl)cc2)CC1c1ccco1)c1ccc2ccccc2n1. The van der Waals surface area contributed by atoms with Crippen LogP contribution < -0.4 is 0 Å². The van der Waals surface area contributed by atoms with Gasteiger partial charge < -0.3 is 9.15 Å². The number of esters is 1. The number of ether oxygens (including phenoxy) is 1. The number of carbonyl (C=O) groups excluding carboxylic acids is 2. The number of nitrogens with zero attached hydrogens (tertiary/aromatic N) is 3. The highest BCUT2D eigenvalue weighted by molar-refractivity contribution is 6.30. The van der Waals surface area contributed by atoms with Crippen molar-refractivity contribution >= 4 is 40.1 Å². The van der Waals surface area contributed by atoms with Crippen molar-refractivity contribution in [3.63, 3.8) is 0 Å². The van der Waals surface area contributed by atoms with Crippen LogP contribution in [0, 0.1) is 0 Å². The number of fused-ring (bicyclic) bond motifs is 1. The van der Waals surface area contributed by atoms with Gasteiger partial charge in [0, 0.05) is 16.8 Å². The van der Waals surface area contributed by atoms with Gasteiger partial charge in [0.25, 0.3) is 5.91 Å². The third kappa shape index (κ3) is 4.36. The molecular weight excluding hydrogens is 442 g/mol. The second-order valence-corrected chi connectivity index (χ2v) is 7.93. The first-order valence-electron chi connectivity index (χ1n) is 10.3. The molecule has 0 saturated heterocycles. The van der Waals surface area contributed by atoms with E-state index >= 15 is 0 Å². The maximum Gasteiger partial charge on any atom is 0.357 e. The number of hydrazone groups is 1. The maximum atomic E-state index is 13.0. The summed E-state index contributed by atoms with van der Waals surface area (Å²) in [4.78, 5) is 29.8. The summed E-state index contributed by atoms with van der Waals surface area (Å²) < 4.78 is 10.8. The van der Waals surface area contributed by atoms with E-state index in [2.05, 4.69) is 10.1 Å². The average molecular weight is 460 g/mol. The van der Waals surface area contributed by atoms with Crippen molar-refractivity contribution in [3.8, 4) is 0 Å². The van der Waals surface area contributed by atoms with Crippen molar-refractivity contribution in [1.82, 2.24) is 9.99 Å². The first-order valence-corrected chi connectivity index (χ1v) is 10.7. The monoisotopic (exact) mass is 459 g/mol. The minimum Gasteiger partial charge on any atom is -0.467 e. The molecule has 33 heavy (non-hydrogen) atoms. The van der Waals surface area contributed by atoms with Crippen molar-refractivity contribution in [2.24, 2.45) is 5.10 Å². The Morgan fingerprint density at radius 1 is 1.03 bits per heavy atom. The lowest BCUT2D eigenvalue weighted by Crippen LogP contribution is -2.31. The molecule has 0 fully saturated rings. The van der Waals surface area contributed by atoms with Crippen LogP contribution in [0.25, 0.3) is 10.9 Å². The molecule has 1 aliphatic heterocycles. The molecule has 1 amide bonds. The zero-order valence-electron chi connectivity index (χ0n) is 17.3. The Balaban J connectivity index is 1.33. The summed E-state index contributed by atoms with van der Waals surface area (Å²) in [6.45, 7) is -0.470. The fourth-order valence-electron chi connectivity index (χ4n) is 3.71. The molecule has 164 valence electrons. The van der Waals surface area contributed by atoms with Crippen molar-refractivity contribution in [2.75, 3.05) is 6.61 Å². The van der Waals surface area contributed by atoms with Gasteiger partial charge in [0.05, 0.1) is 17.5 Å². The Labute approximate surface area is 194 Å². The van der Waals surface area contributed by atoms with Gasteiger partial charge in [-0.25, -0.2) is 14.8 Å². The highest BCUT2D eigenvalue weighted by Gasteiger charge is 2.35. The van der Waals surface area contributed by atoms with E-state index in [0.29, 0.717) is 28.4 Å². The van der Waals surface area contributed by atoms with E-state index in [4.69, 9.17) is 20.8 Å². The van der Waals surface area contributed by atoms with Crippen LogP contribution in [0.5, 0.6) is 0 Å². The quantitative estimate of drug-likeness (QED) is 0.391. The van der Waals surface area contributed by atoms with Gasteiger partial charge in [0.1, 0.15) is 17.5 Å². The van der Waals surface area contributed by atoms with Gasteiger partial charge in [0.2, 0.25) is 0 Å². The number of amides is 1. The molecule has 2 aromatic heterocycles. The topological polar surface area (TPSA) is 85.0 Å².